The Bertz CT molecular complexity index is 1030. The van der Waals surface area contributed by atoms with Crippen molar-refractivity contribution in [2.75, 3.05) is 18.1 Å². The fourth-order valence-corrected chi connectivity index (χ4v) is 4.08. The lowest BCUT2D eigenvalue weighted by Gasteiger charge is -2.38. The van der Waals surface area contributed by atoms with E-state index in [1.165, 1.54) is 0 Å². The van der Waals surface area contributed by atoms with Crippen LogP contribution in [0.1, 0.15) is 36.6 Å². The lowest BCUT2D eigenvalue weighted by molar-refractivity contribution is -0.118. The third-order valence-corrected chi connectivity index (χ3v) is 5.44. The monoisotopic (exact) mass is 421 g/mol. The number of carbonyl (C=O) groups excluding carboxylic acids is 1. The molecule has 0 spiro atoms. The van der Waals surface area contributed by atoms with Crippen molar-refractivity contribution in [1.82, 2.24) is 0 Å². The first-order valence-corrected chi connectivity index (χ1v) is 10.5. The first-order chi connectivity index (χ1) is 14.6. The van der Waals surface area contributed by atoms with E-state index in [4.69, 9.17) is 21.1 Å². The van der Waals surface area contributed by atoms with Crippen molar-refractivity contribution in [2.45, 2.75) is 26.3 Å². The molecule has 0 aromatic heterocycles. The summed E-state index contributed by atoms with van der Waals surface area (Å²) in [6.45, 7) is 4.96. The molecule has 3 aromatic rings. The molecular formula is C25H24ClNO3. The number of carbonyl (C=O) groups is 1. The van der Waals surface area contributed by atoms with Crippen LogP contribution in [0.25, 0.3) is 0 Å². The Morgan fingerprint density at radius 3 is 2.20 bits per heavy atom. The van der Waals surface area contributed by atoms with Gasteiger partial charge < -0.3 is 14.4 Å². The van der Waals surface area contributed by atoms with Crippen LogP contribution in [0, 0.1) is 0 Å². The summed E-state index contributed by atoms with van der Waals surface area (Å²) in [6, 6.07) is 21.2. The van der Waals surface area contributed by atoms with Crippen molar-refractivity contribution < 1.29 is 14.3 Å². The molecule has 5 heteroatoms. The van der Waals surface area contributed by atoms with Crippen LogP contribution in [0.15, 0.2) is 66.7 Å². The summed E-state index contributed by atoms with van der Waals surface area (Å²) in [7, 11) is 0. The molecule has 154 valence electrons. The van der Waals surface area contributed by atoms with Gasteiger partial charge in [-0.05, 0) is 66.9 Å². The van der Waals surface area contributed by atoms with E-state index in [9.17, 15) is 4.79 Å². The summed E-state index contributed by atoms with van der Waals surface area (Å²) in [5.41, 5.74) is 3.86. The molecule has 1 amide bonds. The molecule has 0 fully saturated rings. The van der Waals surface area contributed by atoms with Gasteiger partial charge in [-0.25, -0.2) is 0 Å². The normalized spacial score (nSPS) is 15.6. The summed E-state index contributed by atoms with van der Waals surface area (Å²) in [6.07, 6.45) is 0.299. The van der Waals surface area contributed by atoms with Crippen LogP contribution < -0.4 is 14.4 Å². The van der Waals surface area contributed by atoms with Crippen LogP contribution in [0.3, 0.4) is 0 Å². The Kier molecular flexibility index (Phi) is 5.96. The number of nitrogens with zero attached hydrogens (tertiary/aromatic N) is 1. The summed E-state index contributed by atoms with van der Waals surface area (Å²) < 4.78 is 11.7. The number of hydrogen-bond donors (Lipinski definition) is 0. The van der Waals surface area contributed by atoms with Gasteiger partial charge in [0, 0.05) is 10.7 Å². The molecule has 0 unspecified atom stereocenters. The van der Waals surface area contributed by atoms with Crippen molar-refractivity contribution in [3.8, 4) is 11.5 Å². The average molecular weight is 422 g/mol. The molecule has 1 heterocycles. The summed E-state index contributed by atoms with van der Waals surface area (Å²) in [5.74, 6) is 1.41. The molecule has 4 nitrogen and oxygen atoms in total. The van der Waals surface area contributed by atoms with Gasteiger partial charge in [0.15, 0.2) is 11.5 Å². The molecule has 4 rings (SSSR count). The van der Waals surface area contributed by atoms with Gasteiger partial charge in [-0.15, -0.1) is 0 Å². The largest absolute Gasteiger partial charge is 0.490 e. The molecule has 0 bridgehead atoms. The lowest BCUT2D eigenvalue weighted by atomic mass is 9.87. The van der Waals surface area contributed by atoms with E-state index in [0.717, 1.165) is 22.4 Å². The third kappa shape index (κ3) is 3.88. The summed E-state index contributed by atoms with van der Waals surface area (Å²) in [4.78, 5) is 15.2. The number of rotatable bonds is 6. The van der Waals surface area contributed by atoms with Crippen molar-refractivity contribution in [3.63, 3.8) is 0 Å². The van der Waals surface area contributed by atoms with E-state index in [1.54, 1.807) is 0 Å². The highest BCUT2D eigenvalue weighted by Crippen LogP contribution is 2.43. The maximum Gasteiger partial charge on any atom is 0.232 e. The molecule has 0 radical (unpaired) electrons. The van der Waals surface area contributed by atoms with Crippen molar-refractivity contribution >= 4 is 23.2 Å². The van der Waals surface area contributed by atoms with Crippen LogP contribution in [0.4, 0.5) is 5.69 Å². The summed E-state index contributed by atoms with van der Waals surface area (Å²) in [5, 5.41) is 0.639. The molecule has 1 aliphatic heterocycles. The molecule has 30 heavy (non-hydrogen) atoms. The Balaban J connectivity index is 1.91. The molecule has 0 saturated carbocycles. The molecule has 1 aliphatic rings. The molecule has 3 aromatic carbocycles. The van der Waals surface area contributed by atoms with Gasteiger partial charge in [0.05, 0.1) is 25.7 Å². The second-order valence-corrected chi connectivity index (χ2v) is 7.53. The van der Waals surface area contributed by atoms with Gasteiger partial charge in [-0.1, -0.05) is 41.9 Å². The first-order valence-electron chi connectivity index (χ1n) is 10.2. The highest BCUT2D eigenvalue weighted by atomic mass is 35.5. The number of halogens is 1. The Hall–Kier alpha value is -2.98. The number of hydrogen-bond acceptors (Lipinski definition) is 3. The van der Waals surface area contributed by atoms with E-state index >= 15 is 0 Å². The van der Waals surface area contributed by atoms with Crippen molar-refractivity contribution in [1.29, 1.82) is 0 Å². The minimum Gasteiger partial charge on any atom is -0.490 e. The Morgan fingerprint density at radius 2 is 1.57 bits per heavy atom. The fourth-order valence-electron chi connectivity index (χ4n) is 3.95. The summed E-state index contributed by atoms with van der Waals surface area (Å²) >= 11 is 6.09. The maximum atomic E-state index is 13.3. The zero-order chi connectivity index (χ0) is 21.1. The standard InChI is InChI=1S/C25H24ClNO3/c1-3-29-22-14-18-15-24(28)27(20-12-10-19(26)11-13-20)25(17-8-6-5-7-9-17)21(18)16-23(22)30-4-2/h5-14,16,25H,3-4,15H2,1-2H3/t25-/m1/s1. The zero-order valence-electron chi connectivity index (χ0n) is 17.1. The molecular weight excluding hydrogens is 398 g/mol. The predicted octanol–water partition coefficient (Wildman–Crippen LogP) is 5.82. The topological polar surface area (TPSA) is 38.8 Å². The molecule has 1 atom stereocenters. The Morgan fingerprint density at radius 1 is 0.933 bits per heavy atom. The second kappa shape index (κ2) is 8.80. The van der Waals surface area contributed by atoms with Gasteiger partial charge in [-0.3, -0.25) is 4.79 Å². The van der Waals surface area contributed by atoms with E-state index < -0.39 is 0 Å². The minimum atomic E-state index is -0.265. The number of benzene rings is 3. The van der Waals surface area contributed by atoms with Crippen LogP contribution in [-0.2, 0) is 11.2 Å². The molecule has 0 aliphatic carbocycles. The van der Waals surface area contributed by atoms with Gasteiger partial charge in [-0.2, -0.15) is 0 Å². The van der Waals surface area contributed by atoms with Gasteiger partial charge in [0.2, 0.25) is 5.91 Å². The Labute approximate surface area is 182 Å². The molecule has 0 saturated heterocycles. The van der Waals surface area contributed by atoms with E-state index in [2.05, 4.69) is 0 Å². The predicted molar refractivity (Wildman–Crippen MR) is 120 cm³/mol. The second-order valence-electron chi connectivity index (χ2n) is 7.09. The quantitative estimate of drug-likeness (QED) is 0.503. The van der Waals surface area contributed by atoms with Crippen LogP contribution in [-0.4, -0.2) is 19.1 Å². The van der Waals surface area contributed by atoms with Gasteiger partial charge in [0.1, 0.15) is 0 Å². The number of anilines is 1. The van der Waals surface area contributed by atoms with Crippen LogP contribution in [0.5, 0.6) is 11.5 Å². The van der Waals surface area contributed by atoms with Crippen molar-refractivity contribution in [2.24, 2.45) is 0 Å². The van der Waals surface area contributed by atoms with Crippen molar-refractivity contribution in [3.05, 3.63) is 88.4 Å². The van der Waals surface area contributed by atoms with Crippen LogP contribution >= 0.6 is 11.6 Å². The SMILES string of the molecule is CCOc1cc2c(cc1OCC)[C@@H](c1ccccc1)N(c1ccc(Cl)cc1)C(=O)C2. The maximum absolute atomic E-state index is 13.3. The van der Waals surface area contributed by atoms with Gasteiger partial charge in [0.25, 0.3) is 0 Å². The molecule has 0 N–H and O–H groups in total. The average Bonchev–Trinajstić information content (AvgIpc) is 2.75. The number of amides is 1. The first kappa shape index (κ1) is 20.3. The minimum absolute atomic E-state index is 0.0327. The lowest BCUT2D eigenvalue weighted by Crippen LogP contribution is -2.41. The smallest absolute Gasteiger partial charge is 0.232 e. The third-order valence-electron chi connectivity index (χ3n) is 5.19. The fraction of sp³-hybridized carbons (Fsp3) is 0.240. The van der Waals surface area contributed by atoms with E-state index in [1.807, 2.05) is 85.5 Å². The number of ether oxygens (including phenoxy) is 2. The highest BCUT2D eigenvalue weighted by Gasteiger charge is 2.35. The van der Waals surface area contributed by atoms with E-state index in [-0.39, 0.29) is 11.9 Å². The van der Waals surface area contributed by atoms with Crippen LogP contribution in [0.2, 0.25) is 5.02 Å². The zero-order valence-corrected chi connectivity index (χ0v) is 17.9. The van der Waals surface area contributed by atoms with E-state index in [0.29, 0.717) is 36.2 Å². The van der Waals surface area contributed by atoms with Gasteiger partial charge >= 0.3 is 0 Å². The highest BCUT2D eigenvalue weighted by molar-refractivity contribution is 6.30. The number of fused-ring (bicyclic) bond motifs is 1.